The summed E-state index contributed by atoms with van der Waals surface area (Å²) in [6.45, 7) is 0.573. The molecule has 1 saturated carbocycles. The molecule has 24 heavy (non-hydrogen) atoms. The van der Waals surface area contributed by atoms with Gasteiger partial charge >= 0.3 is 6.03 Å². The van der Waals surface area contributed by atoms with Crippen molar-refractivity contribution < 1.29 is 9.53 Å². The third-order valence-corrected chi connectivity index (χ3v) is 5.16. The molecule has 0 saturated heterocycles. The Morgan fingerprint density at radius 3 is 2.50 bits per heavy atom. The smallest absolute Gasteiger partial charge is 0.319 e. The van der Waals surface area contributed by atoms with Gasteiger partial charge in [-0.05, 0) is 42.7 Å². The van der Waals surface area contributed by atoms with Gasteiger partial charge in [-0.2, -0.15) is 0 Å². The molecule has 0 bridgehead atoms. The third-order valence-electron chi connectivity index (χ3n) is 4.34. The van der Waals surface area contributed by atoms with Gasteiger partial charge in [-0.1, -0.05) is 41.4 Å². The number of anilines is 1. The number of hydrogen-bond donors (Lipinski definition) is 2. The highest BCUT2D eigenvalue weighted by molar-refractivity contribution is 6.43. The number of urea groups is 1. The first-order valence-corrected chi connectivity index (χ1v) is 8.43. The number of carbonyl (C=O) groups excluding carboxylic acids is 1. The molecule has 0 unspecified atom stereocenters. The van der Waals surface area contributed by atoms with Gasteiger partial charge in [-0.15, -0.1) is 0 Å². The van der Waals surface area contributed by atoms with Crippen LogP contribution >= 0.6 is 23.2 Å². The molecule has 2 amide bonds. The van der Waals surface area contributed by atoms with Crippen molar-refractivity contribution in [3.8, 4) is 5.75 Å². The second-order valence-corrected chi connectivity index (χ2v) is 6.70. The number of benzene rings is 2. The van der Waals surface area contributed by atoms with Crippen LogP contribution in [0.1, 0.15) is 18.4 Å². The largest absolute Gasteiger partial charge is 0.497 e. The fourth-order valence-electron chi connectivity index (χ4n) is 2.68. The molecule has 0 radical (unpaired) electrons. The Balaban J connectivity index is 1.60. The minimum absolute atomic E-state index is 0.0156. The Bertz CT molecular complexity index is 743. The van der Waals surface area contributed by atoms with Crippen LogP contribution in [-0.4, -0.2) is 19.7 Å². The number of hydrogen-bond acceptors (Lipinski definition) is 2. The number of nitrogens with one attached hydrogen (secondary N) is 2. The van der Waals surface area contributed by atoms with Crippen molar-refractivity contribution >= 4 is 34.9 Å². The zero-order chi connectivity index (χ0) is 17.2. The molecule has 0 aromatic heterocycles. The quantitative estimate of drug-likeness (QED) is 0.795. The second kappa shape index (κ2) is 6.91. The van der Waals surface area contributed by atoms with E-state index < -0.39 is 0 Å². The molecule has 1 fully saturated rings. The fourth-order valence-corrected chi connectivity index (χ4v) is 3.03. The van der Waals surface area contributed by atoms with E-state index in [1.807, 2.05) is 12.1 Å². The summed E-state index contributed by atoms with van der Waals surface area (Å²) in [4.78, 5) is 12.1. The highest BCUT2D eigenvalue weighted by Gasteiger charge is 2.44. The van der Waals surface area contributed by atoms with E-state index in [0.717, 1.165) is 18.6 Å². The molecule has 0 aliphatic heterocycles. The van der Waals surface area contributed by atoms with Gasteiger partial charge in [-0.3, -0.25) is 0 Å². The molecule has 2 aromatic carbocycles. The maximum Gasteiger partial charge on any atom is 0.319 e. The molecular weight excluding hydrogens is 347 g/mol. The molecule has 4 nitrogen and oxygen atoms in total. The van der Waals surface area contributed by atoms with E-state index in [0.29, 0.717) is 22.3 Å². The Morgan fingerprint density at radius 2 is 1.88 bits per heavy atom. The van der Waals surface area contributed by atoms with E-state index in [2.05, 4.69) is 22.8 Å². The Morgan fingerprint density at radius 1 is 1.17 bits per heavy atom. The summed E-state index contributed by atoms with van der Waals surface area (Å²) in [6, 6.07) is 12.8. The van der Waals surface area contributed by atoms with Crippen molar-refractivity contribution in [2.75, 3.05) is 19.0 Å². The van der Waals surface area contributed by atoms with Crippen LogP contribution in [-0.2, 0) is 5.41 Å². The molecule has 1 aliphatic carbocycles. The molecule has 3 rings (SSSR count). The molecular formula is C18H18Cl2N2O2. The predicted molar refractivity (Wildman–Crippen MR) is 97.4 cm³/mol. The van der Waals surface area contributed by atoms with Crippen LogP contribution in [0.5, 0.6) is 5.75 Å². The van der Waals surface area contributed by atoms with Crippen molar-refractivity contribution in [2.45, 2.75) is 18.3 Å². The zero-order valence-corrected chi connectivity index (χ0v) is 14.7. The third kappa shape index (κ3) is 3.60. The lowest BCUT2D eigenvalue weighted by Gasteiger charge is -2.17. The van der Waals surface area contributed by atoms with Gasteiger partial charge in [0.2, 0.25) is 0 Å². The van der Waals surface area contributed by atoms with Gasteiger partial charge in [0.1, 0.15) is 5.75 Å². The van der Waals surface area contributed by atoms with Gasteiger partial charge in [0, 0.05) is 12.0 Å². The number of amides is 2. The SMILES string of the molecule is COc1ccc(C2(CNC(=O)Nc3cccc(Cl)c3Cl)CC2)cc1. The topological polar surface area (TPSA) is 50.4 Å². The van der Waals surface area contributed by atoms with Crippen molar-refractivity contribution in [3.05, 3.63) is 58.1 Å². The van der Waals surface area contributed by atoms with Crippen molar-refractivity contribution in [1.82, 2.24) is 5.32 Å². The lowest BCUT2D eigenvalue weighted by molar-refractivity contribution is 0.251. The molecule has 2 N–H and O–H groups in total. The van der Waals surface area contributed by atoms with Gasteiger partial charge in [0.05, 0.1) is 22.8 Å². The van der Waals surface area contributed by atoms with Crippen molar-refractivity contribution in [1.29, 1.82) is 0 Å². The van der Waals surface area contributed by atoms with E-state index in [4.69, 9.17) is 27.9 Å². The Hall–Kier alpha value is -1.91. The van der Waals surface area contributed by atoms with Crippen LogP contribution in [0.25, 0.3) is 0 Å². The monoisotopic (exact) mass is 364 g/mol. The summed E-state index contributed by atoms with van der Waals surface area (Å²) in [7, 11) is 1.65. The first-order valence-electron chi connectivity index (χ1n) is 7.67. The van der Waals surface area contributed by atoms with Crippen LogP contribution in [0.2, 0.25) is 10.0 Å². The number of carbonyl (C=O) groups is 1. The average molecular weight is 365 g/mol. The summed E-state index contributed by atoms with van der Waals surface area (Å²) >= 11 is 12.0. The van der Waals surface area contributed by atoms with Crippen molar-refractivity contribution in [2.24, 2.45) is 0 Å². The summed E-state index contributed by atoms with van der Waals surface area (Å²) < 4.78 is 5.18. The summed E-state index contributed by atoms with van der Waals surface area (Å²) in [5.74, 6) is 0.829. The Labute approximate surface area is 151 Å². The van der Waals surface area contributed by atoms with E-state index in [1.54, 1.807) is 25.3 Å². The zero-order valence-electron chi connectivity index (χ0n) is 13.2. The minimum Gasteiger partial charge on any atom is -0.497 e. The van der Waals surface area contributed by atoms with Gasteiger partial charge in [-0.25, -0.2) is 4.79 Å². The molecule has 0 atom stereocenters. The second-order valence-electron chi connectivity index (χ2n) is 5.92. The molecule has 126 valence electrons. The lowest BCUT2D eigenvalue weighted by Crippen LogP contribution is -2.35. The maximum atomic E-state index is 12.1. The Kier molecular flexibility index (Phi) is 4.88. The van der Waals surface area contributed by atoms with E-state index in [-0.39, 0.29) is 11.4 Å². The highest BCUT2D eigenvalue weighted by atomic mass is 35.5. The van der Waals surface area contributed by atoms with E-state index in [1.165, 1.54) is 5.56 Å². The fraction of sp³-hybridized carbons (Fsp3) is 0.278. The minimum atomic E-state index is -0.293. The van der Waals surface area contributed by atoms with E-state index in [9.17, 15) is 4.79 Å². The van der Waals surface area contributed by atoms with Crippen LogP contribution in [0.3, 0.4) is 0 Å². The molecule has 0 heterocycles. The van der Waals surface area contributed by atoms with Crippen molar-refractivity contribution in [3.63, 3.8) is 0 Å². The first-order chi connectivity index (χ1) is 11.5. The number of rotatable bonds is 5. The van der Waals surface area contributed by atoms with Gasteiger partial charge < -0.3 is 15.4 Å². The normalized spacial score (nSPS) is 14.8. The predicted octanol–water partition coefficient (Wildman–Crippen LogP) is 4.86. The first kappa shape index (κ1) is 16.9. The van der Waals surface area contributed by atoms with Gasteiger partial charge in [0.25, 0.3) is 0 Å². The molecule has 2 aromatic rings. The number of ether oxygens (including phenoxy) is 1. The summed E-state index contributed by atoms with van der Waals surface area (Å²) in [5, 5.41) is 6.41. The molecule has 0 spiro atoms. The van der Waals surface area contributed by atoms with Gasteiger partial charge in [0.15, 0.2) is 0 Å². The van der Waals surface area contributed by atoms with Crippen LogP contribution in [0, 0.1) is 0 Å². The van der Waals surface area contributed by atoms with Crippen LogP contribution < -0.4 is 15.4 Å². The lowest BCUT2D eigenvalue weighted by atomic mass is 9.96. The molecule has 1 aliphatic rings. The highest BCUT2D eigenvalue weighted by Crippen LogP contribution is 2.47. The maximum absolute atomic E-state index is 12.1. The number of methoxy groups -OCH3 is 1. The van der Waals surface area contributed by atoms with E-state index >= 15 is 0 Å². The standard InChI is InChI=1S/C18H18Cl2N2O2/c1-24-13-7-5-12(6-8-13)18(9-10-18)11-21-17(23)22-15-4-2-3-14(19)16(15)20/h2-8H,9-11H2,1H3,(H2,21,22,23). The summed E-state index contributed by atoms with van der Waals surface area (Å²) in [6.07, 6.45) is 2.11. The number of halogens is 2. The summed E-state index contributed by atoms with van der Waals surface area (Å²) in [5.41, 5.74) is 1.72. The van der Waals surface area contributed by atoms with Crippen LogP contribution in [0.4, 0.5) is 10.5 Å². The van der Waals surface area contributed by atoms with Crippen LogP contribution in [0.15, 0.2) is 42.5 Å². The molecule has 6 heteroatoms. The average Bonchev–Trinajstić information content (AvgIpc) is 3.38.